The van der Waals surface area contributed by atoms with Gasteiger partial charge in [-0.25, -0.2) is 9.97 Å². The maximum absolute atomic E-state index is 4.82. The predicted octanol–water partition coefficient (Wildman–Crippen LogP) is 8.19. The lowest BCUT2D eigenvalue weighted by Crippen LogP contribution is -1.99. The third kappa shape index (κ3) is 4.49. The Morgan fingerprint density at radius 3 is 1.11 bits per heavy atom. The van der Waals surface area contributed by atoms with Gasteiger partial charge >= 0.3 is 0 Å². The van der Waals surface area contributed by atoms with Crippen LogP contribution < -0.4 is 0 Å². The minimum atomic E-state index is 0.897. The maximum Gasteiger partial charge on any atom is 0.184 e. The average Bonchev–Trinajstić information content (AvgIpc) is 3.58. The van der Waals surface area contributed by atoms with Gasteiger partial charge in [0.2, 0.25) is 0 Å². The smallest absolute Gasteiger partial charge is 0.184 e. The van der Waals surface area contributed by atoms with Crippen molar-refractivity contribution in [3.63, 3.8) is 0 Å². The van der Waals surface area contributed by atoms with Crippen LogP contribution in [0.4, 0.5) is 0 Å². The van der Waals surface area contributed by atoms with Crippen LogP contribution >= 0.6 is 21.6 Å². The lowest BCUT2D eigenvalue weighted by molar-refractivity contribution is 0.899. The zero-order valence-corrected chi connectivity index (χ0v) is 20.9. The van der Waals surface area contributed by atoms with Crippen molar-refractivity contribution in [1.82, 2.24) is 19.1 Å². The second-order valence-electron chi connectivity index (χ2n) is 8.09. The molecular formula is C30H22N4S2. The van der Waals surface area contributed by atoms with E-state index in [1.807, 2.05) is 36.7 Å². The van der Waals surface area contributed by atoms with Crippen molar-refractivity contribution in [2.45, 2.75) is 10.3 Å². The van der Waals surface area contributed by atoms with Gasteiger partial charge in [0.1, 0.15) is 0 Å². The van der Waals surface area contributed by atoms with Crippen molar-refractivity contribution in [2.24, 2.45) is 0 Å². The van der Waals surface area contributed by atoms with E-state index < -0.39 is 0 Å². The number of benzene rings is 4. The third-order valence-corrected chi connectivity index (χ3v) is 7.92. The summed E-state index contributed by atoms with van der Waals surface area (Å²) >= 11 is 0. The topological polar surface area (TPSA) is 35.6 Å². The SMILES string of the molecule is c1ccc(-c2cnc(SSc3ncc(-c4ccccc4)n3-c3ccccc3)n2-c2ccccc2)cc1. The Balaban J connectivity index is 1.40. The highest BCUT2D eigenvalue weighted by Crippen LogP contribution is 2.41. The first kappa shape index (κ1) is 22.5. The fourth-order valence-corrected chi connectivity index (χ4v) is 6.19. The minimum absolute atomic E-state index is 0.897. The van der Waals surface area contributed by atoms with E-state index in [2.05, 4.69) is 106 Å². The van der Waals surface area contributed by atoms with E-state index in [1.165, 1.54) is 0 Å². The molecule has 4 aromatic carbocycles. The summed E-state index contributed by atoms with van der Waals surface area (Å²) in [5, 5.41) is 1.79. The summed E-state index contributed by atoms with van der Waals surface area (Å²) in [6.45, 7) is 0. The highest BCUT2D eigenvalue weighted by atomic mass is 33.1. The molecule has 0 spiro atoms. The van der Waals surface area contributed by atoms with Crippen molar-refractivity contribution in [3.8, 4) is 33.9 Å². The van der Waals surface area contributed by atoms with Gasteiger partial charge in [-0.1, -0.05) is 97.1 Å². The highest BCUT2D eigenvalue weighted by molar-refractivity contribution is 8.76. The van der Waals surface area contributed by atoms with Crippen molar-refractivity contribution in [1.29, 1.82) is 0 Å². The molecule has 0 aliphatic rings. The van der Waals surface area contributed by atoms with Crippen LogP contribution in [0.3, 0.4) is 0 Å². The summed E-state index contributed by atoms with van der Waals surface area (Å²) in [5.41, 5.74) is 6.52. The van der Waals surface area contributed by atoms with Gasteiger partial charge in [0.05, 0.1) is 23.8 Å². The number of rotatable bonds is 7. The second kappa shape index (κ2) is 10.3. The lowest BCUT2D eigenvalue weighted by Gasteiger charge is -2.13. The molecule has 0 atom stereocenters. The molecule has 2 heterocycles. The Kier molecular flexibility index (Phi) is 6.44. The standard InChI is InChI=1S/C30H22N4S2/c1-5-13-23(14-6-1)27-21-31-29(33(27)25-17-9-3-10-18-25)35-36-30-32-22-28(24-15-7-2-8-16-24)34(30)26-19-11-4-12-20-26/h1-22H. The maximum atomic E-state index is 4.82. The zero-order chi connectivity index (χ0) is 24.2. The summed E-state index contributed by atoms with van der Waals surface area (Å²) in [5.74, 6) is 0. The molecule has 0 unspecified atom stereocenters. The first-order valence-corrected chi connectivity index (χ1v) is 13.8. The van der Waals surface area contributed by atoms with Crippen molar-refractivity contribution >= 4 is 21.6 Å². The highest BCUT2D eigenvalue weighted by Gasteiger charge is 2.18. The summed E-state index contributed by atoms with van der Waals surface area (Å²) in [4.78, 5) is 9.64. The largest absolute Gasteiger partial charge is 0.287 e. The molecule has 0 N–H and O–H groups in total. The summed E-state index contributed by atoms with van der Waals surface area (Å²) in [6.07, 6.45) is 3.90. The minimum Gasteiger partial charge on any atom is -0.287 e. The molecule has 6 aromatic rings. The molecule has 0 radical (unpaired) electrons. The summed E-state index contributed by atoms with van der Waals surface area (Å²) in [6, 6.07) is 41.5. The van der Waals surface area contributed by atoms with Gasteiger partial charge < -0.3 is 0 Å². The number of para-hydroxylation sites is 2. The molecule has 0 bridgehead atoms. The molecule has 6 rings (SSSR count). The molecule has 0 saturated heterocycles. The second-order valence-corrected chi connectivity index (χ2v) is 10.2. The van der Waals surface area contributed by atoms with Gasteiger partial charge in [-0.2, -0.15) is 0 Å². The molecule has 4 nitrogen and oxygen atoms in total. The number of hydrogen-bond donors (Lipinski definition) is 0. The molecule has 2 aromatic heterocycles. The van der Waals surface area contributed by atoms with Gasteiger partial charge in [0, 0.05) is 22.5 Å². The van der Waals surface area contributed by atoms with Crippen molar-refractivity contribution in [2.75, 3.05) is 0 Å². The fourth-order valence-electron chi connectivity index (χ4n) is 4.14. The van der Waals surface area contributed by atoms with Crippen molar-refractivity contribution in [3.05, 3.63) is 134 Å². The van der Waals surface area contributed by atoms with E-state index in [4.69, 9.17) is 9.97 Å². The van der Waals surface area contributed by atoms with Gasteiger partial charge in [-0.15, -0.1) is 0 Å². The summed E-state index contributed by atoms with van der Waals surface area (Å²) < 4.78 is 4.42. The van der Waals surface area contributed by atoms with Crippen LogP contribution in [0, 0.1) is 0 Å². The Morgan fingerprint density at radius 2 is 0.750 bits per heavy atom. The normalized spacial score (nSPS) is 11.0. The quantitative estimate of drug-likeness (QED) is 0.206. The average molecular weight is 503 g/mol. The first-order valence-electron chi connectivity index (χ1n) is 11.6. The first-order chi connectivity index (χ1) is 17.9. The number of aromatic nitrogens is 4. The molecule has 0 aliphatic carbocycles. The Labute approximate surface area is 218 Å². The molecule has 0 fully saturated rings. The van der Waals surface area contributed by atoms with Crippen LogP contribution in [-0.4, -0.2) is 19.1 Å². The molecule has 0 amide bonds. The van der Waals surface area contributed by atoms with E-state index in [9.17, 15) is 0 Å². The van der Waals surface area contributed by atoms with Crippen LogP contribution in [0.5, 0.6) is 0 Å². The molecular weight excluding hydrogens is 480 g/mol. The molecule has 0 saturated carbocycles. The Bertz CT molecular complexity index is 1440. The Hall–Kier alpha value is -4.00. The fraction of sp³-hybridized carbons (Fsp3) is 0. The van der Waals surface area contributed by atoms with Gasteiger partial charge in [-0.3, -0.25) is 9.13 Å². The Morgan fingerprint density at radius 1 is 0.417 bits per heavy atom. The van der Waals surface area contributed by atoms with E-state index in [0.717, 1.165) is 44.2 Å². The van der Waals surface area contributed by atoms with Crippen LogP contribution in [-0.2, 0) is 0 Å². The zero-order valence-electron chi connectivity index (χ0n) is 19.3. The van der Waals surface area contributed by atoms with Gasteiger partial charge in [0.25, 0.3) is 0 Å². The van der Waals surface area contributed by atoms with Gasteiger partial charge in [0.15, 0.2) is 10.3 Å². The number of hydrogen-bond acceptors (Lipinski definition) is 4. The van der Waals surface area contributed by atoms with E-state index in [0.29, 0.717) is 0 Å². The van der Waals surface area contributed by atoms with E-state index in [1.54, 1.807) is 21.6 Å². The molecule has 174 valence electrons. The van der Waals surface area contributed by atoms with Crippen LogP contribution in [0.2, 0.25) is 0 Å². The van der Waals surface area contributed by atoms with Gasteiger partial charge in [-0.05, 0) is 45.9 Å². The molecule has 0 aliphatic heterocycles. The number of nitrogens with zero attached hydrogens (tertiary/aromatic N) is 4. The number of imidazole rings is 2. The predicted molar refractivity (Wildman–Crippen MR) is 150 cm³/mol. The molecule has 6 heteroatoms. The van der Waals surface area contributed by atoms with E-state index in [-0.39, 0.29) is 0 Å². The van der Waals surface area contributed by atoms with Crippen LogP contribution in [0.15, 0.2) is 144 Å². The van der Waals surface area contributed by atoms with Crippen molar-refractivity contribution < 1.29 is 0 Å². The monoisotopic (exact) mass is 502 g/mol. The summed E-state index contributed by atoms with van der Waals surface area (Å²) in [7, 11) is 3.23. The molecule has 36 heavy (non-hydrogen) atoms. The van der Waals surface area contributed by atoms with Crippen LogP contribution in [0.1, 0.15) is 0 Å². The third-order valence-electron chi connectivity index (χ3n) is 5.82. The lowest BCUT2D eigenvalue weighted by atomic mass is 10.1. The van der Waals surface area contributed by atoms with E-state index >= 15 is 0 Å². The van der Waals surface area contributed by atoms with Crippen LogP contribution in [0.25, 0.3) is 33.9 Å².